The van der Waals surface area contributed by atoms with Gasteiger partial charge in [0, 0.05) is 6.54 Å². The molecule has 30 heavy (non-hydrogen) atoms. The van der Waals surface area contributed by atoms with Crippen molar-refractivity contribution in [1.82, 2.24) is 4.90 Å². The van der Waals surface area contributed by atoms with E-state index in [9.17, 15) is 0 Å². The van der Waals surface area contributed by atoms with E-state index in [0.717, 1.165) is 31.8 Å². The lowest BCUT2D eigenvalue weighted by Gasteiger charge is -2.18. The molecule has 0 aliphatic carbocycles. The van der Waals surface area contributed by atoms with Gasteiger partial charge in [0.2, 0.25) is 0 Å². The van der Waals surface area contributed by atoms with Crippen LogP contribution in [0.3, 0.4) is 0 Å². The highest BCUT2D eigenvalue weighted by atomic mass is 16.5. The first-order valence-corrected chi connectivity index (χ1v) is 11.0. The van der Waals surface area contributed by atoms with Crippen molar-refractivity contribution in [1.29, 1.82) is 0 Å². The van der Waals surface area contributed by atoms with Gasteiger partial charge in [-0.25, -0.2) is 0 Å². The lowest BCUT2D eigenvalue weighted by atomic mass is 9.94. The minimum absolute atomic E-state index is 0.715. The maximum Gasteiger partial charge on any atom is 0.119 e. The third-order valence-corrected chi connectivity index (χ3v) is 5.49. The van der Waals surface area contributed by atoms with E-state index in [4.69, 9.17) is 4.74 Å². The zero-order chi connectivity index (χ0) is 21.2. The molecule has 3 rings (SSSR count). The Morgan fingerprint density at radius 1 is 0.800 bits per heavy atom. The van der Waals surface area contributed by atoms with Crippen molar-refractivity contribution in [3.63, 3.8) is 0 Å². The molecule has 0 aliphatic rings. The van der Waals surface area contributed by atoms with Crippen molar-refractivity contribution in [2.75, 3.05) is 26.2 Å². The Morgan fingerprint density at radius 3 is 2.20 bits per heavy atom. The van der Waals surface area contributed by atoms with Gasteiger partial charge >= 0.3 is 0 Å². The summed E-state index contributed by atoms with van der Waals surface area (Å²) in [6.45, 7) is 10.4. The van der Waals surface area contributed by atoms with E-state index in [-0.39, 0.29) is 0 Å². The third kappa shape index (κ3) is 6.08. The fourth-order valence-corrected chi connectivity index (χ4v) is 3.57. The summed E-state index contributed by atoms with van der Waals surface area (Å²) in [5.41, 5.74) is 6.22. The Balaban J connectivity index is 1.84. The number of rotatable bonds is 10. The van der Waals surface area contributed by atoms with Crippen molar-refractivity contribution < 1.29 is 4.74 Å². The van der Waals surface area contributed by atoms with Crippen molar-refractivity contribution in [3.8, 4) is 5.75 Å². The van der Waals surface area contributed by atoms with E-state index >= 15 is 0 Å². The first kappa shape index (κ1) is 21.9. The van der Waals surface area contributed by atoms with Gasteiger partial charge in [-0.3, -0.25) is 0 Å². The second kappa shape index (κ2) is 11.4. The van der Waals surface area contributed by atoms with Gasteiger partial charge in [0.15, 0.2) is 0 Å². The molecule has 0 radical (unpaired) electrons. The van der Waals surface area contributed by atoms with E-state index in [2.05, 4.69) is 111 Å². The largest absolute Gasteiger partial charge is 0.492 e. The van der Waals surface area contributed by atoms with Crippen LogP contribution in [-0.4, -0.2) is 31.1 Å². The number of hydrogen-bond donors (Lipinski definition) is 0. The van der Waals surface area contributed by atoms with Crippen molar-refractivity contribution in [3.05, 3.63) is 101 Å². The average Bonchev–Trinajstić information content (AvgIpc) is 2.81. The number of hydrogen-bond acceptors (Lipinski definition) is 2. The number of ether oxygens (including phenoxy) is 1. The molecule has 3 aromatic carbocycles. The predicted molar refractivity (Wildman–Crippen MR) is 129 cm³/mol. The third-order valence-electron chi connectivity index (χ3n) is 5.49. The summed E-state index contributed by atoms with van der Waals surface area (Å²) in [7, 11) is 0. The highest BCUT2D eigenvalue weighted by molar-refractivity contribution is 5.91. The summed E-state index contributed by atoms with van der Waals surface area (Å²) in [5.74, 6) is 0.923. The minimum atomic E-state index is 0.715. The standard InChI is InChI=1S/C28H33NO/c1-4-23-13-10-14-26(21-23)28(22-24-11-8-7-9-12-24)25-15-17-27(18-16-25)30-20-19-29(5-2)6-3/h7-18,21-22H,4-6,19-20H2,1-3H3/b28-22-. The van der Waals surface area contributed by atoms with Crippen molar-refractivity contribution in [2.45, 2.75) is 27.2 Å². The molecule has 156 valence electrons. The minimum Gasteiger partial charge on any atom is -0.492 e. The molecule has 0 aromatic heterocycles. The van der Waals surface area contributed by atoms with Crippen LogP contribution in [0.25, 0.3) is 11.6 Å². The SMILES string of the molecule is CCc1cccc(/C(=C\c2ccccc2)c2ccc(OCCN(CC)CC)cc2)c1. The molecule has 0 saturated heterocycles. The summed E-state index contributed by atoms with van der Waals surface area (Å²) in [6.07, 6.45) is 3.30. The predicted octanol–water partition coefficient (Wildman–Crippen LogP) is 6.56. The van der Waals surface area contributed by atoms with Crippen molar-refractivity contribution >= 4 is 11.6 Å². The van der Waals surface area contributed by atoms with E-state index in [1.807, 2.05) is 0 Å². The van der Waals surface area contributed by atoms with Gasteiger partial charge in [-0.05, 0) is 65.5 Å². The molecule has 0 bridgehead atoms. The van der Waals surface area contributed by atoms with Gasteiger partial charge in [0.1, 0.15) is 12.4 Å². The van der Waals surface area contributed by atoms with Crippen LogP contribution in [-0.2, 0) is 6.42 Å². The number of aryl methyl sites for hydroxylation is 1. The van der Waals surface area contributed by atoms with Gasteiger partial charge in [-0.1, -0.05) is 87.5 Å². The highest BCUT2D eigenvalue weighted by Gasteiger charge is 2.08. The fraction of sp³-hybridized carbons (Fsp3) is 0.286. The van der Waals surface area contributed by atoms with E-state index in [1.54, 1.807) is 0 Å². The normalized spacial score (nSPS) is 11.7. The van der Waals surface area contributed by atoms with Gasteiger partial charge in [0.05, 0.1) is 0 Å². The molecule has 0 fully saturated rings. The molecule has 0 N–H and O–H groups in total. The smallest absolute Gasteiger partial charge is 0.119 e. The lowest BCUT2D eigenvalue weighted by molar-refractivity contribution is 0.223. The summed E-state index contributed by atoms with van der Waals surface area (Å²) < 4.78 is 5.97. The summed E-state index contributed by atoms with van der Waals surface area (Å²) >= 11 is 0. The van der Waals surface area contributed by atoms with Crippen LogP contribution in [0.2, 0.25) is 0 Å². The summed E-state index contributed by atoms with van der Waals surface area (Å²) in [6, 6.07) is 27.8. The molecule has 0 spiro atoms. The van der Waals surface area contributed by atoms with Crippen LogP contribution in [0, 0.1) is 0 Å². The Hall–Kier alpha value is -2.84. The fourth-order valence-electron chi connectivity index (χ4n) is 3.57. The van der Waals surface area contributed by atoms with Gasteiger partial charge < -0.3 is 9.64 Å². The van der Waals surface area contributed by atoms with Crippen LogP contribution >= 0.6 is 0 Å². The molecule has 0 saturated carbocycles. The molecule has 0 unspecified atom stereocenters. The van der Waals surface area contributed by atoms with Crippen LogP contribution in [0.4, 0.5) is 0 Å². The molecular formula is C28H33NO. The van der Waals surface area contributed by atoms with Gasteiger partial charge in [0.25, 0.3) is 0 Å². The number of benzene rings is 3. The second-order valence-electron chi connectivity index (χ2n) is 7.42. The number of nitrogens with zero attached hydrogens (tertiary/aromatic N) is 1. The first-order chi connectivity index (χ1) is 14.7. The first-order valence-electron chi connectivity index (χ1n) is 11.0. The summed E-state index contributed by atoms with van der Waals surface area (Å²) in [5, 5.41) is 0. The zero-order valence-corrected chi connectivity index (χ0v) is 18.5. The van der Waals surface area contributed by atoms with Crippen LogP contribution in [0.15, 0.2) is 78.9 Å². The molecular weight excluding hydrogens is 366 g/mol. The monoisotopic (exact) mass is 399 g/mol. The Bertz CT molecular complexity index is 924. The van der Waals surface area contributed by atoms with E-state index in [0.29, 0.717) is 6.61 Å². The molecule has 2 nitrogen and oxygen atoms in total. The molecule has 0 aliphatic heterocycles. The van der Waals surface area contributed by atoms with Crippen LogP contribution < -0.4 is 4.74 Å². The molecule has 0 heterocycles. The van der Waals surface area contributed by atoms with E-state index < -0.39 is 0 Å². The Morgan fingerprint density at radius 2 is 1.53 bits per heavy atom. The van der Waals surface area contributed by atoms with Crippen molar-refractivity contribution in [2.24, 2.45) is 0 Å². The van der Waals surface area contributed by atoms with E-state index in [1.165, 1.54) is 27.8 Å². The van der Waals surface area contributed by atoms with Gasteiger partial charge in [-0.2, -0.15) is 0 Å². The average molecular weight is 400 g/mol. The molecule has 3 aromatic rings. The Labute approximate surface area is 181 Å². The zero-order valence-electron chi connectivity index (χ0n) is 18.5. The Kier molecular flexibility index (Phi) is 8.29. The molecule has 0 amide bonds. The molecule has 0 atom stereocenters. The maximum absolute atomic E-state index is 5.97. The highest BCUT2D eigenvalue weighted by Crippen LogP contribution is 2.28. The number of likely N-dealkylation sites (N-methyl/N-ethyl adjacent to an activating group) is 1. The molecule has 2 heteroatoms. The maximum atomic E-state index is 5.97. The lowest BCUT2D eigenvalue weighted by Crippen LogP contribution is -2.27. The van der Waals surface area contributed by atoms with Crippen LogP contribution in [0.1, 0.15) is 43.0 Å². The quantitative estimate of drug-likeness (QED) is 0.358. The van der Waals surface area contributed by atoms with Gasteiger partial charge in [-0.15, -0.1) is 0 Å². The topological polar surface area (TPSA) is 12.5 Å². The van der Waals surface area contributed by atoms with Crippen LogP contribution in [0.5, 0.6) is 5.75 Å². The second-order valence-corrected chi connectivity index (χ2v) is 7.42. The summed E-state index contributed by atoms with van der Waals surface area (Å²) in [4.78, 5) is 2.37.